The van der Waals surface area contributed by atoms with Gasteiger partial charge in [-0.3, -0.25) is 14.4 Å². The predicted molar refractivity (Wildman–Crippen MR) is 247 cm³/mol. The van der Waals surface area contributed by atoms with Gasteiger partial charge in [-0.05, 0) is 59.9 Å². The molecule has 5 atom stereocenters. The minimum atomic E-state index is -0.707. The number of H-pyrrole nitrogens is 2. The maximum absolute atomic E-state index is 13.8. The van der Waals surface area contributed by atoms with Gasteiger partial charge in [-0.2, -0.15) is 0 Å². The molecule has 7 rings (SSSR count). The maximum atomic E-state index is 13.8. The minimum Gasteiger partial charge on any atom is -0.487 e. The summed E-state index contributed by atoms with van der Waals surface area (Å²) in [4.78, 5) is 71.8. The molecular weight excluding hydrogens is 789 g/mol. The van der Waals surface area contributed by atoms with E-state index in [0.29, 0.717) is 44.4 Å². The van der Waals surface area contributed by atoms with Crippen molar-refractivity contribution in [2.45, 2.75) is 98.5 Å². The zero-order valence-corrected chi connectivity index (χ0v) is 37.7. The van der Waals surface area contributed by atoms with E-state index < -0.39 is 18.2 Å². The molecule has 4 N–H and O–H groups in total. The number of fused-ring (bicyclic) bond motifs is 3. The lowest BCUT2D eigenvalue weighted by Gasteiger charge is -2.30. The van der Waals surface area contributed by atoms with Gasteiger partial charge in [-0.1, -0.05) is 71.9 Å². The highest BCUT2D eigenvalue weighted by Gasteiger charge is 2.42. The number of carbonyl (C=O) groups excluding carboxylic acids is 4. The van der Waals surface area contributed by atoms with Gasteiger partial charge >= 0.3 is 6.09 Å². The number of aromatic nitrogens is 4. The summed E-state index contributed by atoms with van der Waals surface area (Å²) in [6, 6.07) is 12.5. The first-order chi connectivity index (χ1) is 29.9. The van der Waals surface area contributed by atoms with E-state index in [2.05, 4.69) is 52.0 Å². The monoisotopic (exact) mass is 861 g/mol. The average molecular weight is 861 g/mol. The fourth-order valence-electron chi connectivity index (χ4n) is 8.46. The van der Waals surface area contributed by atoms with E-state index in [1.807, 2.05) is 75.6 Å². The third-order valence-electron chi connectivity index (χ3n) is 11.5. The highest BCUT2D eigenvalue weighted by molar-refractivity contribution is 5.88. The molecular formula is C47H72N8O7. The Balaban J connectivity index is 0.00000265. The van der Waals surface area contributed by atoms with Gasteiger partial charge in [-0.25, -0.2) is 14.8 Å². The van der Waals surface area contributed by atoms with Crippen molar-refractivity contribution >= 4 is 23.8 Å². The highest BCUT2D eigenvalue weighted by atomic mass is 16.5. The number of methoxy groups -OCH3 is 2. The molecule has 0 bridgehead atoms. The van der Waals surface area contributed by atoms with Gasteiger partial charge in [0, 0.05) is 44.3 Å². The van der Waals surface area contributed by atoms with Crippen molar-refractivity contribution in [1.82, 2.24) is 40.4 Å². The quantitative estimate of drug-likeness (QED) is 0.101. The van der Waals surface area contributed by atoms with Crippen LogP contribution >= 0.6 is 0 Å². The molecule has 3 aliphatic heterocycles. The average Bonchev–Trinajstić information content (AvgIpc) is 4.12. The molecule has 0 spiro atoms. The number of carbonyl (C=O) groups is 4. The van der Waals surface area contributed by atoms with E-state index in [9.17, 15) is 19.2 Å². The van der Waals surface area contributed by atoms with Crippen LogP contribution in [0.15, 0.2) is 61.8 Å². The minimum absolute atomic E-state index is 0. The van der Waals surface area contributed by atoms with E-state index in [1.54, 1.807) is 13.3 Å². The van der Waals surface area contributed by atoms with Crippen molar-refractivity contribution in [3.8, 4) is 39.4 Å². The third-order valence-corrected chi connectivity index (χ3v) is 11.5. The van der Waals surface area contributed by atoms with Crippen LogP contribution in [-0.2, 0) is 30.5 Å². The van der Waals surface area contributed by atoms with Gasteiger partial charge in [0.25, 0.3) is 0 Å². The lowest BCUT2D eigenvalue weighted by Crippen LogP contribution is -2.51. The molecule has 4 aromatic rings. The normalized spacial score (nSPS) is 18.6. The van der Waals surface area contributed by atoms with Gasteiger partial charge in [0.05, 0.1) is 49.1 Å². The van der Waals surface area contributed by atoms with E-state index >= 15 is 0 Å². The van der Waals surface area contributed by atoms with Gasteiger partial charge in [0.15, 0.2) is 0 Å². The Labute approximate surface area is 371 Å². The molecule has 0 radical (unpaired) electrons. The fraction of sp³-hybridized carbons (Fsp3) is 0.489. The molecule has 2 aromatic carbocycles. The predicted octanol–water partition coefficient (Wildman–Crippen LogP) is 8.58. The lowest BCUT2D eigenvalue weighted by molar-refractivity contribution is -0.138. The maximum Gasteiger partial charge on any atom is 0.407 e. The van der Waals surface area contributed by atoms with E-state index in [-0.39, 0.29) is 53.3 Å². The first-order valence-corrected chi connectivity index (χ1v) is 21.6. The first kappa shape index (κ1) is 47.1. The summed E-state index contributed by atoms with van der Waals surface area (Å²) in [6.07, 6.45) is 3.46. The Hall–Kier alpha value is -5.96. The molecule has 4 amide bonds. The number of imidazole rings is 2. The summed E-state index contributed by atoms with van der Waals surface area (Å²) in [5.74, 6) is 1.58. The Morgan fingerprint density at radius 2 is 1.53 bits per heavy atom. The molecule has 0 unspecified atom stereocenters. The number of alkyl carbamates (subject to hydrolysis) is 1. The van der Waals surface area contributed by atoms with Gasteiger partial charge < -0.3 is 44.6 Å². The Morgan fingerprint density at radius 3 is 2.18 bits per heavy atom. The SMILES string of the molecule is C=C.CC.COC[C@H]1C[C@@H](c2ncc(-c3ccc(-c4ccc5c(c4)OCc4[nH]c([C@@H]6CCCN6C(=O)[C@@H](NC(=O)OC)C(C)C)nc4-5)cc3)[nH]2)N(C(=O)[C@@H](NC(C)=O)C(C)C)C1.[HH].[HH].[HH].[HH]. The van der Waals surface area contributed by atoms with Crippen molar-refractivity contribution in [2.24, 2.45) is 17.8 Å². The van der Waals surface area contributed by atoms with Crippen molar-refractivity contribution in [3.63, 3.8) is 0 Å². The number of benzene rings is 2. The molecule has 2 fully saturated rings. The molecule has 2 saturated heterocycles. The lowest BCUT2D eigenvalue weighted by atomic mass is 9.99. The highest BCUT2D eigenvalue weighted by Crippen LogP contribution is 2.42. The molecule has 0 aliphatic carbocycles. The van der Waals surface area contributed by atoms with Crippen LogP contribution in [0.4, 0.5) is 4.79 Å². The number of amides is 4. The Bertz CT molecular complexity index is 2180. The summed E-state index contributed by atoms with van der Waals surface area (Å²) in [5.41, 5.74) is 6.34. The molecule has 5 heterocycles. The molecule has 62 heavy (non-hydrogen) atoms. The van der Waals surface area contributed by atoms with Crippen LogP contribution in [0.25, 0.3) is 33.6 Å². The zero-order chi connectivity index (χ0) is 45.2. The van der Waals surface area contributed by atoms with Crippen molar-refractivity contribution in [3.05, 3.63) is 79.2 Å². The van der Waals surface area contributed by atoms with Crippen LogP contribution < -0.4 is 15.4 Å². The third kappa shape index (κ3) is 10.2. The summed E-state index contributed by atoms with van der Waals surface area (Å²) in [7, 11) is 2.95. The second-order valence-electron chi connectivity index (χ2n) is 16.2. The van der Waals surface area contributed by atoms with Gasteiger partial charge in [-0.15, -0.1) is 13.2 Å². The van der Waals surface area contributed by atoms with E-state index in [4.69, 9.17) is 24.2 Å². The van der Waals surface area contributed by atoms with Crippen LogP contribution in [0.2, 0.25) is 0 Å². The molecule has 0 saturated carbocycles. The van der Waals surface area contributed by atoms with Gasteiger partial charge in [0.1, 0.15) is 36.1 Å². The molecule has 15 heteroatoms. The standard InChI is InChI=1S/C43H54N8O7.C2H6.C2H4.4H2/c1-23(2)36(45-25(5)52)42(54)51-20-26(21-56-6)17-34(51)39-44-19-31(46-39)28-12-10-27(11-13-28)29-14-15-30-35(18-29)58-22-32-38(30)48-40(47-32)33-9-8-16-50(33)41(53)37(24(3)4)49-43(55)57-7;2*1-2;;;;/h10-15,18-19,23-24,26,33-34,36-37H,8-9,16-17,20-22H2,1-7H3,(H,44,46)(H,45,52)(H,47,48)(H,49,55);1-2H3;1-2H2;4*1H/t26-,33-,34-,36-,37-;;;;;;/m0....../s1. The molecule has 342 valence electrons. The number of hydrogen-bond donors (Lipinski definition) is 4. The second-order valence-corrected chi connectivity index (χ2v) is 16.2. The number of hydrogen-bond acceptors (Lipinski definition) is 9. The number of likely N-dealkylation sites (tertiary alicyclic amines) is 2. The topological polar surface area (TPSA) is 184 Å². The summed E-state index contributed by atoms with van der Waals surface area (Å²) in [5, 5.41) is 5.55. The number of rotatable bonds is 12. The molecule has 15 nitrogen and oxygen atoms in total. The first-order valence-electron chi connectivity index (χ1n) is 21.6. The summed E-state index contributed by atoms with van der Waals surface area (Å²) in [6.45, 7) is 21.0. The number of ether oxygens (including phenoxy) is 3. The van der Waals surface area contributed by atoms with Crippen LogP contribution in [0.3, 0.4) is 0 Å². The largest absolute Gasteiger partial charge is 0.487 e. The van der Waals surface area contributed by atoms with Crippen molar-refractivity contribution in [2.75, 3.05) is 33.9 Å². The van der Waals surface area contributed by atoms with Crippen LogP contribution in [0, 0.1) is 17.8 Å². The van der Waals surface area contributed by atoms with Crippen molar-refractivity contribution in [1.29, 1.82) is 0 Å². The number of nitrogens with one attached hydrogen (secondary N) is 4. The molecule has 2 aromatic heterocycles. The van der Waals surface area contributed by atoms with E-state index in [0.717, 1.165) is 57.9 Å². The Morgan fingerprint density at radius 1 is 0.887 bits per heavy atom. The van der Waals surface area contributed by atoms with Gasteiger partial charge in [0.2, 0.25) is 17.7 Å². The smallest absolute Gasteiger partial charge is 0.407 e. The van der Waals surface area contributed by atoms with Crippen LogP contribution in [-0.4, -0.2) is 99.6 Å². The summed E-state index contributed by atoms with van der Waals surface area (Å²) < 4.78 is 16.5. The zero-order valence-electron chi connectivity index (χ0n) is 37.7. The van der Waals surface area contributed by atoms with E-state index in [1.165, 1.54) is 14.0 Å². The van der Waals surface area contributed by atoms with Crippen molar-refractivity contribution < 1.29 is 39.1 Å². The number of nitrogens with zero attached hydrogens (tertiary/aromatic N) is 4. The number of aromatic amines is 2. The molecule has 3 aliphatic rings. The second kappa shape index (κ2) is 21.2. The summed E-state index contributed by atoms with van der Waals surface area (Å²) >= 11 is 0. The Kier molecular flexibility index (Phi) is 16.1. The fourth-order valence-corrected chi connectivity index (χ4v) is 8.46. The van der Waals surface area contributed by atoms with Crippen LogP contribution in [0.5, 0.6) is 5.75 Å². The van der Waals surface area contributed by atoms with Crippen LogP contribution in [0.1, 0.15) is 103 Å².